The summed E-state index contributed by atoms with van der Waals surface area (Å²) < 4.78 is 42.8. The molecule has 1 saturated carbocycles. The van der Waals surface area contributed by atoms with Crippen molar-refractivity contribution in [2.24, 2.45) is 0 Å². The molecule has 92 valence electrons. The normalized spacial score (nSPS) is 15.7. The van der Waals surface area contributed by atoms with Crippen LogP contribution >= 0.6 is 0 Å². The van der Waals surface area contributed by atoms with Gasteiger partial charge in [0.2, 0.25) is 5.75 Å². The van der Waals surface area contributed by atoms with Crippen molar-refractivity contribution in [3.05, 3.63) is 27.9 Å². The lowest BCUT2D eigenvalue weighted by molar-refractivity contribution is -0.390. The molecule has 0 bridgehead atoms. The van der Waals surface area contributed by atoms with Crippen LogP contribution in [0, 0.1) is 10.1 Å². The molecule has 1 fully saturated rings. The van der Waals surface area contributed by atoms with E-state index >= 15 is 0 Å². The average molecular weight is 248 g/mol. The maximum atomic E-state index is 12.6. The second-order valence-electron chi connectivity index (χ2n) is 3.58. The molecule has 0 amide bonds. The maximum Gasteiger partial charge on any atom is 0.420 e. The Balaban J connectivity index is 2.49. The summed E-state index contributed by atoms with van der Waals surface area (Å²) in [6.45, 7) is 0. The van der Waals surface area contributed by atoms with Crippen molar-refractivity contribution in [1.82, 2.24) is 4.98 Å². The van der Waals surface area contributed by atoms with E-state index in [0.29, 0.717) is 18.9 Å². The molecule has 1 aromatic heterocycles. The first-order valence-electron chi connectivity index (χ1n) is 4.77. The van der Waals surface area contributed by atoms with Crippen molar-refractivity contribution in [2.75, 3.05) is 0 Å². The van der Waals surface area contributed by atoms with Gasteiger partial charge in [-0.05, 0) is 28.8 Å². The summed E-state index contributed by atoms with van der Waals surface area (Å²) in [4.78, 5) is 12.9. The summed E-state index contributed by atoms with van der Waals surface area (Å²) in [5, 5.41) is 10.6. The first-order valence-corrected chi connectivity index (χ1v) is 4.77. The molecular weight excluding hydrogens is 241 g/mol. The smallest absolute Gasteiger partial charge is 0.420 e. The molecule has 8 heteroatoms. The highest BCUT2D eigenvalue weighted by atomic mass is 19.4. The summed E-state index contributed by atoms with van der Waals surface area (Å²) in [6, 6.07) is 0.671. The summed E-state index contributed by atoms with van der Waals surface area (Å²) in [5.41, 5.74) is -1.16. The van der Waals surface area contributed by atoms with E-state index in [0.717, 1.165) is 6.20 Å². The SMILES string of the molecule is O=[N+]([O-])c1nccc(C(F)(F)F)c1OC1CC1. The fourth-order valence-electron chi connectivity index (χ4n) is 1.26. The zero-order chi connectivity index (χ0) is 12.6. The van der Waals surface area contributed by atoms with Gasteiger partial charge in [-0.2, -0.15) is 13.2 Å². The predicted molar refractivity (Wildman–Crippen MR) is 49.5 cm³/mol. The minimum Gasteiger partial charge on any atom is -0.482 e. The molecule has 1 aromatic rings. The van der Waals surface area contributed by atoms with Gasteiger partial charge in [0.15, 0.2) is 0 Å². The second-order valence-corrected chi connectivity index (χ2v) is 3.58. The standard InChI is InChI=1S/C9H7F3N2O3/c10-9(11,12)6-3-4-13-8(14(15)16)7(6)17-5-1-2-5/h3-5H,1-2H2. The molecule has 2 rings (SSSR count). The third-order valence-corrected chi connectivity index (χ3v) is 2.17. The number of aromatic nitrogens is 1. The third-order valence-electron chi connectivity index (χ3n) is 2.17. The zero-order valence-corrected chi connectivity index (χ0v) is 8.40. The molecule has 1 heterocycles. The van der Waals surface area contributed by atoms with E-state index in [9.17, 15) is 23.3 Å². The number of ether oxygens (including phenoxy) is 1. The van der Waals surface area contributed by atoms with E-state index in [1.165, 1.54) is 0 Å². The quantitative estimate of drug-likeness (QED) is 0.609. The highest BCUT2D eigenvalue weighted by Gasteiger charge is 2.41. The van der Waals surface area contributed by atoms with E-state index in [2.05, 4.69) is 4.98 Å². The monoisotopic (exact) mass is 248 g/mol. The lowest BCUT2D eigenvalue weighted by Crippen LogP contribution is -2.12. The lowest BCUT2D eigenvalue weighted by atomic mass is 10.2. The Hall–Kier alpha value is -1.86. The van der Waals surface area contributed by atoms with Gasteiger partial charge in [-0.1, -0.05) is 0 Å². The molecule has 0 spiro atoms. The fraction of sp³-hybridized carbons (Fsp3) is 0.444. The van der Waals surface area contributed by atoms with Crippen LogP contribution in [0.25, 0.3) is 0 Å². The summed E-state index contributed by atoms with van der Waals surface area (Å²) in [7, 11) is 0. The van der Waals surface area contributed by atoms with Gasteiger partial charge < -0.3 is 14.9 Å². The molecule has 0 radical (unpaired) electrons. The summed E-state index contributed by atoms with van der Waals surface area (Å²) in [5.74, 6) is -1.68. The maximum absolute atomic E-state index is 12.6. The van der Waals surface area contributed by atoms with Gasteiger partial charge >= 0.3 is 12.0 Å². The molecule has 0 aromatic carbocycles. The third kappa shape index (κ3) is 2.45. The summed E-state index contributed by atoms with van der Waals surface area (Å²) >= 11 is 0. The van der Waals surface area contributed by atoms with Crippen LogP contribution in [0.3, 0.4) is 0 Å². The number of nitrogens with zero attached hydrogens (tertiary/aromatic N) is 2. The van der Waals surface area contributed by atoms with E-state index < -0.39 is 28.2 Å². The van der Waals surface area contributed by atoms with Crippen molar-refractivity contribution in [2.45, 2.75) is 25.1 Å². The number of rotatable bonds is 3. The Morgan fingerprint density at radius 1 is 1.47 bits per heavy atom. The Kier molecular flexibility index (Phi) is 2.64. The molecule has 0 N–H and O–H groups in total. The van der Waals surface area contributed by atoms with Crippen molar-refractivity contribution < 1.29 is 22.8 Å². The molecule has 0 atom stereocenters. The first-order chi connectivity index (χ1) is 7.89. The number of alkyl halides is 3. The van der Waals surface area contributed by atoms with Crippen LogP contribution in [0.5, 0.6) is 5.75 Å². The Morgan fingerprint density at radius 2 is 2.12 bits per heavy atom. The molecule has 1 aliphatic carbocycles. The zero-order valence-electron chi connectivity index (χ0n) is 8.40. The highest BCUT2D eigenvalue weighted by Crippen LogP contribution is 2.42. The summed E-state index contributed by atoms with van der Waals surface area (Å²) in [6.07, 6.45) is -3.12. The molecular formula is C9H7F3N2O3. The van der Waals surface area contributed by atoms with Crippen LogP contribution in [0.15, 0.2) is 12.3 Å². The Labute approximate surface area is 93.4 Å². The van der Waals surface area contributed by atoms with Crippen LogP contribution < -0.4 is 4.74 Å². The van der Waals surface area contributed by atoms with E-state index in [1.807, 2.05) is 0 Å². The number of pyridine rings is 1. The van der Waals surface area contributed by atoms with Gasteiger partial charge in [-0.3, -0.25) is 0 Å². The van der Waals surface area contributed by atoms with Gasteiger partial charge in [0.25, 0.3) is 0 Å². The first kappa shape index (κ1) is 11.6. The molecule has 0 unspecified atom stereocenters. The van der Waals surface area contributed by atoms with Crippen LogP contribution in [-0.2, 0) is 6.18 Å². The molecule has 0 saturated heterocycles. The minimum atomic E-state index is -4.70. The predicted octanol–water partition coefficient (Wildman–Crippen LogP) is 2.55. The van der Waals surface area contributed by atoms with E-state index in [-0.39, 0.29) is 6.10 Å². The number of hydrogen-bond acceptors (Lipinski definition) is 4. The van der Waals surface area contributed by atoms with Crippen LogP contribution in [0.4, 0.5) is 19.0 Å². The lowest BCUT2D eigenvalue weighted by Gasteiger charge is -2.12. The van der Waals surface area contributed by atoms with Crippen molar-refractivity contribution in [3.63, 3.8) is 0 Å². The number of hydrogen-bond donors (Lipinski definition) is 0. The van der Waals surface area contributed by atoms with Crippen molar-refractivity contribution >= 4 is 5.82 Å². The number of halogens is 3. The van der Waals surface area contributed by atoms with Gasteiger partial charge in [0, 0.05) is 0 Å². The van der Waals surface area contributed by atoms with E-state index in [1.54, 1.807) is 0 Å². The fourth-order valence-corrected chi connectivity index (χ4v) is 1.26. The largest absolute Gasteiger partial charge is 0.482 e. The van der Waals surface area contributed by atoms with Gasteiger partial charge in [0.05, 0.1) is 6.10 Å². The highest BCUT2D eigenvalue weighted by molar-refractivity contribution is 5.47. The Bertz CT molecular complexity index is 457. The van der Waals surface area contributed by atoms with Gasteiger partial charge in [-0.15, -0.1) is 0 Å². The molecule has 0 aliphatic heterocycles. The molecule has 17 heavy (non-hydrogen) atoms. The number of nitro groups is 1. The van der Waals surface area contributed by atoms with Gasteiger partial charge in [0.1, 0.15) is 11.8 Å². The molecule has 1 aliphatic rings. The Morgan fingerprint density at radius 3 is 2.59 bits per heavy atom. The average Bonchev–Trinajstić information content (AvgIpc) is 3.00. The van der Waals surface area contributed by atoms with Crippen molar-refractivity contribution in [3.8, 4) is 5.75 Å². The minimum absolute atomic E-state index is 0.376. The van der Waals surface area contributed by atoms with Crippen molar-refractivity contribution in [1.29, 1.82) is 0 Å². The van der Waals surface area contributed by atoms with Gasteiger partial charge in [-0.25, -0.2) is 0 Å². The van der Waals surface area contributed by atoms with Crippen LogP contribution in [0.1, 0.15) is 18.4 Å². The van der Waals surface area contributed by atoms with Crippen LogP contribution in [-0.4, -0.2) is 16.0 Å². The second kappa shape index (κ2) is 3.86. The topological polar surface area (TPSA) is 65.3 Å². The van der Waals surface area contributed by atoms with Crippen LogP contribution in [0.2, 0.25) is 0 Å². The molecule has 5 nitrogen and oxygen atoms in total. The van der Waals surface area contributed by atoms with E-state index in [4.69, 9.17) is 4.74 Å².